The van der Waals surface area contributed by atoms with Gasteiger partial charge in [-0.1, -0.05) is 0 Å². The predicted octanol–water partition coefficient (Wildman–Crippen LogP) is -0.903. The summed E-state index contributed by atoms with van der Waals surface area (Å²) in [6.45, 7) is 2.40. The number of carboxylic acids is 2. The monoisotopic (exact) mass is 288 g/mol. The third-order valence-electron chi connectivity index (χ3n) is 3.01. The summed E-state index contributed by atoms with van der Waals surface area (Å²) in [4.78, 5) is 36.4. The first-order valence-electron chi connectivity index (χ1n) is 6.50. The minimum Gasteiger partial charge on any atom is -0.481 e. The van der Waals surface area contributed by atoms with Gasteiger partial charge in [0.25, 0.3) is 0 Å². The minimum absolute atomic E-state index is 0.0422. The van der Waals surface area contributed by atoms with E-state index in [1.54, 1.807) is 9.80 Å². The van der Waals surface area contributed by atoms with Crippen LogP contribution in [0.4, 0.5) is 0 Å². The zero-order valence-electron chi connectivity index (χ0n) is 11.3. The zero-order chi connectivity index (χ0) is 15.0. The molecule has 1 heterocycles. The third-order valence-corrected chi connectivity index (χ3v) is 3.01. The summed E-state index contributed by atoms with van der Waals surface area (Å²) in [7, 11) is 0. The van der Waals surface area contributed by atoms with Gasteiger partial charge in [-0.05, 0) is 0 Å². The van der Waals surface area contributed by atoms with Gasteiger partial charge in [-0.15, -0.1) is 0 Å². The van der Waals surface area contributed by atoms with E-state index in [0.717, 1.165) is 0 Å². The fraction of sp³-hybridized carbons (Fsp3) is 0.750. The SMILES string of the molecule is O=C(O)CCN(CCC(=O)O)CC(=O)N1CCOCC1. The van der Waals surface area contributed by atoms with Crippen LogP contribution in [0.2, 0.25) is 0 Å². The van der Waals surface area contributed by atoms with E-state index in [4.69, 9.17) is 14.9 Å². The zero-order valence-corrected chi connectivity index (χ0v) is 11.3. The summed E-state index contributed by atoms with van der Waals surface area (Å²) in [6, 6.07) is 0. The highest BCUT2D eigenvalue weighted by molar-refractivity contribution is 5.78. The number of ether oxygens (including phenoxy) is 1. The van der Waals surface area contributed by atoms with E-state index in [0.29, 0.717) is 26.3 Å². The summed E-state index contributed by atoms with van der Waals surface area (Å²) in [5.41, 5.74) is 0. The molecule has 1 rings (SSSR count). The average Bonchev–Trinajstić information content (AvgIpc) is 2.42. The Morgan fingerprint density at radius 2 is 1.50 bits per heavy atom. The molecule has 0 atom stereocenters. The number of amides is 1. The standard InChI is InChI=1S/C12H20N2O6/c15-10(14-5-7-20-8-6-14)9-13(3-1-11(16)17)4-2-12(18)19/h1-9H2,(H,16,17)(H,18,19). The molecule has 0 radical (unpaired) electrons. The van der Waals surface area contributed by atoms with Gasteiger partial charge < -0.3 is 19.8 Å². The first-order chi connectivity index (χ1) is 9.49. The van der Waals surface area contributed by atoms with Gasteiger partial charge in [-0.2, -0.15) is 0 Å². The molecule has 0 saturated carbocycles. The van der Waals surface area contributed by atoms with Crippen LogP contribution in [0.3, 0.4) is 0 Å². The maximum atomic E-state index is 12.0. The molecule has 1 amide bonds. The van der Waals surface area contributed by atoms with Crippen molar-refractivity contribution in [3.8, 4) is 0 Å². The van der Waals surface area contributed by atoms with Crippen LogP contribution in [0.1, 0.15) is 12.8 Å². The van der Waals surface area contributed by atoms with E-state index in [1.807, 2.05) is 0 Å². The lowest BCUT2D eigenvalue weighted by atomic mass is 10.3. The van der Waals surface area contributed by atoms with Crippen molar-refractivity contribution >= 4 is 17.8 Å². The molecule has 0 aromatic heterocycles. The van der Waals surface area contributed by atoms with Crippen molar-refractivity contribution in [2.75, 3.05) is 45.9 Å². The lowest BCUT2D eigenvalue weighted by Gasteiger charge is -2.29. The Hall–Kier alpha value is -1.67. The van der Waals surface area contributed by atoms with Crippen LogP contribution < -0.4 is 0 Å². The van der Waals surface area contributed by atoms with Crippen molar-refractivity contribution in [2.45, 2.75) is 12.8 Å². The number of carboxylic acid groups (broad SMARTS) is 2. The van der Waals surface area contributed by atoms with Crippen molar-refractivity contribution in [3.63, 3.8) is 0 Å². The molecule has 0 aliphatic carbocycles. The fourth-order valence-corrected chi connectivity index (χ4v) is 1.88. The molecule has 2 N–H and O–H groups in total. The highest BCUT2D eigenvalue weighted by Gasteiger charge is 2.20. The minimum atomic E-state index is -0.968. The Kier molecular flexibility index (Phi) is 6.96. The Morgan fingerprint density at radius 1 is 1.00 bits per heavy atom. The molecule has 1 aliphatic rings. The molecule has 20 heavy (non-hydrogen) atoms. The second-order valence-electron chi connectivity index (χ2n) is 4.56. The van der Waals surface area contributed by atoms with Crippen molar-refractivity contribution in [1.82, 2.24) is 9.80 Å². The molecule has 0 aromatic carbocycles. The van der Waals surface area contributed by atoms with Gasteiger partial charge in [-0.3, -0.25) is 19.3 Å². The molecule has 0 spiro atoms. The van der Waals surface area contributed by atoms with Gasteiger partial charge in [0.05, 0.1) is 32.6 Å². The van der Waals surface area contributed by atoms with Crippen molar-refractivity contribution in [2.24, 2.45) is 0 Å². The fourth-order valence-electron chi connectivity index (χ4n) is 1.88. The smallest absolute Gasteiger partial charge is 0.304 e. The maximum Gasteiger partial charge on any atom is 0.304 e. The van der Waals surface area contributed by atoms with Crippen LogP contribution in [0.25, 0.3) is 0 Å². The number of morpholine rings is 1. The van der Waals surface area contributed by atoms with E-state index in [2.05, 4.69) is 0 Å². The number of aliphatic carboxylic acids is 2. The van der Waals surface area contributed by atoms with Crippen molar-refractivity contribution in [1.29, 1.82) is 0 Å². The van der Waals surface area contributed by atoms with Crippen LogP contribution in [0.5, 0.6) is 0 Å². The summed E-state index contributed by atoms with van der Waals surface area (Å²) in [5.74, 6) is -2.06. The van der Waals surface area contributed by atoms with E-state index < -0.39 is 11.9 Å². The predicted molar refractivity (Wildman–Crippen MR) is 68.3 cm³/mol. The van der Waals surface area contributed by atoms with Gasteiger partial charge in [0.1, 0.15) is 0 Å². The first-order valence-corrected chi connectivity index (χ1v) is 6.50. The molecule has 114 valence electrons. The Bertz CT molecular complexity index is 336. The normalized spacial score (nSPS) is 15.3. The Morgan fingerprint density at radius 3 is 1.95 bits per heavy atom. The lowest BCUT2D eigenvalue weighted by molar-refractivity contribution is -0.141. The largest absolute Gasteiger partial charge is 0.481 e. The van der Waals surface area contributed by atoms with Crippen LogP contribution >= 0.6 is 0 Å². The van der Waals surface area contributed by atoms with Crippen LogP contribution in [0, 0.1) is 0 Å². The van der Waals surface area contributed by atoms with Crippen molar-refractivity contribution < 1.29 is 29.3 Å². The number of hydrogen-bond acceptors (Lipinski definition) is 5. The molecular weight excluding hydrogens is 268 g/mol. The summed E-state index contributed by atoms with van der Waals surface area (Å²) < 4.78 is 5.15. The van der Waals surface area contributed by atoms with E-state index >= 15 is 0 Å². The first kappa shape index (κ1) is 16.4. The molecule has 0 bridgehead atoms. The second kappa shape index (κ2) is 8.49. The van der Waals surface area contributed by atoms with Gasteiger partial charge in [0.15, 0.2) is 0 Å². The topological polar surface area (TPSA) is 107 Å². The van der Waals surface area contributed by atoms with Gasteiger partial charge >= 0.3 is 11.9 Å². The number of carbonyl (C=O) groups excluding carboxylic acids is 1. The summed E-state index contributed by atoms with van der Waals surface area (Å²) in [5, 5.41) is 17.3. The molecule has 8 nitrogen and oxygen atoms in total. The molecule has 8 heteroatoms. The highest BCUT2D eigenvalue weighted by Crippen LogP contribution is 2.01. The summed E-state index contributed by atoms with van der Waals surface area (Å²) >= 11 is 0. The molecule has 0 aromatic rings. The summed E-state index contributed by atoms with van der Waals surface area (Å²) in [6.07, 6.45) is -0.230. The molecule has 1 fully saturated rings. The lowest BCUT2D eigenvalue weighted by Crippen LogP contribution is -2.46. The molecule has 0 unspecified atom stereocenters. The number of nitrogens with zero attached hydrogens (tertiary/aromatic N) is 2. The van der Waals surface area contributed by atoms with Crippen LogP contribution in [-0.4, -0.2) is 83.8 Å². The van der Waals surface area contributed by atoms with E-state index in [9.17, 15) is 14.4 Å². The molecule has 1 saturated heterocycles. The Labute approximate surface area is 116 Å². The average molecular weight is 288 g/mol. The number of rotatable bonds is 8. The third kappa shape index (κ3) is 6.48. The highest BCUT2D eigenvalue weighted by atomic mass is 16.5. The number of carbonyl (C=O) groups is 3. The van der Waals surface area contributed by atoms with Gasteiger partial charge in [0, 0.05) is 26.2 Å². The van der Waals surface area contributed by atoms with Gasteiger partial charge in [0.2, 0.25) is 5.91 Å². The van der Waals surface area contributed by atoms with Crippen LogP contribution in [-0.2, 0) is 19.1 Å². The van der Waals surface area contributed by atoms with Crippen molar-refractivity contribution in [3.05, 3.63) is 0 Å². The number of hydrogen-bond donors (Lipinski definition) is 2. The quantitative estimate of drug-likeness (QED) is 0.595. The maximum absolute atomic E-state index is 12.0. The molecule has 1 aliphatic heterocycles. The van der Waals surface area contributed by atoms with E-state index in [-0.39, 0.29) is 38.4 Å². The Balaban J connectivity index is 2.45. The molecular formula is C12H20N2O6. The van der Waals surface area contributed by atoms with Gasteiger partial charge in [-0.25, -0.2) is 0 Å². The van der Waals surface area contributed by atoms with E-state index in [1.165, 1.54) is 0 Å². The van der Waals surface area contributed by atoms with Crippen LogP contribution in [0.15, 0.2) is 0 Å². The second-order valence-corrected chi connectivity index (χ2v) is 4.56.